The number of halogens is 1. The standard InChI is InChI=1S/C46H54FN3O7Si/c1-8-48-39-32-23-29-22-31-36(34(54-25-27-16-11-9-12-17-27)24-30(38(31)47)33-20-15-21-50(33)5)40(51)35(29)42(52)46(32,57-58(6,7)45(2,3)4)43(53)37-41(39)56-49-44(37)55-26-28-18-13-10-14-19-28/h9-14,16-19,24,29,32-33,39,48,51H,8,15,20-23,25-26H2,1-7H3/t29-,32-,33?,39-,46-/m0/s1. The summed E-state index contributed by atoms with van der Waals surface area (Å²) >= 11 is 0. The molecule has 12 heteroatoms. The van der Waals surface area contributed by atoms with Gasteiger partial charge < -0.3 is 28.8 Å². The Bertz CT molecular complexity index is 2250. The van der Waals surface area contributed by atoms with Crippen LogP contribution in [0, 0.1) is 17.7 Å². The minimum atomic E-state index is -2.94. The summed E-state index contributed by atoms with van der Waals surface area (Å²) in [7, 11) is -0.944. The molecule has 1 aromatic heterocycles. The Hall–Kier alpha value is -4.62. The molecule has 1 saturated carbocycles. The summed E-state index contributed by atoms with van der Waals surface area (Å²) in [5, 5.41) is 19.9. The third kappa shape index (κ3) is 6.62. The lowest BCUT2D eigenvalue weighted by Gasteiger charge is -2.54. The topological polar surface area (TPSA) is 123 Å². The van der Waals surface area contributed by atoms with Gasteiger partial charge in [0.15, 0.2) is 19.7 Å². The molecule has 2 heterocycles. The van der Waals surface area contributed by atoms with Crippen molar-refractivity contribution in [2.75, 3.05) is 20.1 Å². The first-order valence-electron chi connectivity index (χ1n) is 20.5. The average Bonchev–Trinajstić information content (AvgIpc) is 3.82. The fourth-order valence-corrected chi connectivity index (χ4v) is 10.7. The number of carbonyl (C=O) groups is 2. The number of benzene rings is 3. The van der Waals surface area contributed by atoms with Crippen molar-refractivity contribution in [3.63, 3.8) is 0 Å². The molecule has 1 unspecified atom stereocenters. The summed E-state index contributed by atoms with van der Waals surface area (Å²) in [5.41, 5.74) is 0.811. The maximum atomic E-state index is 17.1. The van der Waals surface area contributed by atoms with Crippen LogP contribution >= 0.6 is 0 Å². The SMILES string of the molecule is CCN[C@@H]1c2onc(OCc3ccccc3)c2C(=O)[C@@]2(O[Si](C)(C)C(C)(C)C)C(=O)C3=C(O)c4c(OCc5ccccc5)cc(C5CCCN5C)c(F)c4C[C@H]3C[C@@H]12. The van der Waals surface area contributed by atoms with E-state index in [0.29, 0.717) is 23.4 Å². The number of fused-ring (bicyclic) bond motifs is 4. The van der Waals surface area contributed by atoms with Crippen molar-refractivity contribution < 1.29 is 37.5 Å². The van der Waals surface area contributed by atoms with E-state index in [-0.39, 0.29) is 66.2 Å². The number of Topliss-reactive ketones (excluding diaryl/α,β-unsaturated/α-hetero) is 2. The Morgan fingerprint density at radius 3 is 2.26 bits per heavy atom. The quantitative estimate of drug-likeness (QED) is 0.112. The number of nitrogens with one attached hydrogen (secondary N) is 1. The minimum absolute atomic E-state index is 0.0198. The molecule has 10 nitrogen and oxygen atoms in total. The number of nitrogens with zero attached hydrogens (tertiary/aromatic N) is 2. The van der Waals surface area contributed by atoms with Crippen LogP contribution < -0.4 is 14.8 Å². The number of ketones is 2. The predicted molar refractivity (Wildman–Crippen MR) is 221 cm³/mol. The van der Waals surface area contributed by atoms with Crippen LogP contribution in [0.25, 0.3) is 5.76 Å². The highest BCUT2D eigenvalue weighted by molar-refractivity contribution is 6.74. The second-order valence-electron chi connectivity index (χ2n) is 17.8. The van der Waals surface area contributed by atoms with E-state index >= 15 is 14.0 Å². The van der Waals surface area contributed by atoms with Crippen LogP contribution in [0.15, 0.2) is 76.8 Å². The fourth-order valence-electron chi connectivity index (χ4n) is 9.29. The number of rotatable bonds is 11. The van der Waals surface area contributed by atoms with Gasteiger partial charge in [-0.05, 0) is 92.2 Å². The largest absolute Gasteiger partial charge is 0.507 e. The Kier molecular flexibility index (Phi) is 10.5. The number of hydrogen-bond acceptors (Lipinski definition) is 10. The summed E-state index contributed by atoms with van der Waals surface area (Å²) in [4.78, 5) is 33.5. The van der Waals surface area contributed by atoms with Crippen molar-refractivity contribution in [3.8, 4) is 11.6 Å². The summed E-state index contributed by atoms with van der Waals surface area (Å²) in [6.45, 7) is 13.8. The third-order valence-corrected chi connectivity index (χ3v) is 17.7. The van der Waals surface area contributed by atoms with Gasteiger partial charge in [-0.1, -0.05) is 88.4 Å². The van der Waals surface area contributed by atoms with Gasteiger partial charge in [0.1, 0.15) is 36.1 Å². The molecule has 1 aliphatic heterocycles. The zero-order valence-corrected chi connectivity index (χ0v) is 35.5. The molecule has 58 heavy (non-hydrogen) atoms. The van der Waals surface area contributed by atoms with Gasteiger partial charge in [-0.2, -0.15) is 0 Å². The monoisotopic (exact) mass is 807 g/mol. The smallest absolute Gasteiger partial charge is 0.265 e. The van der Waals surface area contributed by atoms with Crippen LogP contribution in [0.2, 0.25) is 18.1 Å². The molecule has 3 aromatic carbocycles. The van der Waals surface area contributed by atoms with E-state index in [2.05, 4.69) is 36.1 Å². The Balaban J connectivity index is 1.30. The lowest BCUT2D eigenvalue weighted by molar-refractivity contribution is -0.138. The molecular formula is C46H54FN3O7Si. The first kappa shape index (κ1) is 40.2. The van der Waals surface area contributed by atoms with Crippen molar-refractivity contribution in [1.29, 1.82) is 0 Å². The third-order valence-electron chi connectivity index (χ3n) is 13.3. The van der Waals surface area contributed by atoms with Gasteiger partial charge in [0.2, 0.25) is 11.6 Å². The molecule has 4 aromatic rings. The van der Waals surface area contributed by atoms with Gasteiger partial charge in [0.25, 0.3) is 5.88 Å². The molecule has 2 fully saturated rings. The molecule has 5 atom stereocenters. The number of hydrogen-bond donors (Lipinski definition) is 2. The summed E-state index contributed by atoms with van der Waals surface area (Å²) in [6, 6.07) is 20.0. The normalized spacial score (nSPS) is 24.6. The highest BCUT2D eigenvalue weighted by Crippen LogP contribution is 2.58. The summed E-state index contributed by atoms with van der Waals surface area (Å²) in [5.74, 6) is -2.82. The molecule has 306 valence electrons. The Morgan fingerprint density at radius 2 is 1.66 bits per heavy atom. The molecule has 3 aliphatic carbocycles. The summed E-state index contributed by atoms with van der Waals surface area (Å²) in [6.07, 6.45) is 2.09. The van der Waals surface area contributed by atoms with Crippen LogP contribution in [0.1, 0.15) is 103 Å². The van der Waals surface area contributed by atoms with Crippen LogP contribution in [-0.4, -0.2) is 60.8 Å². The van der Waals surface area contributed by atoms with E-state index in [1.165, 1.54) is 0 Å². The van der Waals surface area contributed by atoms with Crippen molar-refractivity contribution in [2.24, 2.45) is 11.8 Å². The number of carbonyl (C=O) groups excluding carboxylic acids is 2. The molecule has 8 rings (SSSR count). The predicted octanol–water partition coefficient (Wildman–Crippen LogP) is 9.08. The second kappa shape index (κ2) is 15.2. The first-order chi connectivity index (χ1) is 27.7. The van der Waals surface area contributed by atoms with Crippen LogP contribution in [-0.2, 0) is 28.9 Å². The zero-order chi connectivity index (χ0) is 41.1. The first-order valence-corrected chi connectivity index (χ1v) is 23.4. The van der Waals surface area contributed by atoms with Gasteiger partial charge in [0.05, 0.1) is 11.6 Å². The van der Waals surface area contributed by atoms with Crippen LogP contribution in [0.3, 0.4) is 0 Å². The van der Waals surface area contributed by atoms with Crippen molar-refractivity contribution >= 4 is 25.6 Å². The van der Waals surface area contributed by atoms with Crippen molar-refractivity contribution in [3.05, 3.63) is 117 Å². The maximum Gasteiger partial charge on any atom is 0.265 e. The molecule has 2 N–H and O–H groups in total. The van der Waals surface area contributed by atoms with E-state index in [4.69, 9.17) is 18.4 Å². The molecular weight excluding hydrogens is 754 g/mol. The zero-order valence-electron chi connectivity index (χ0n) is 34.5. The van der Waals surface area contributed by atoms with Gasteiger partial charge >= 0.3 is 0 Å². The average molecular weight is 808 g/mol. The summed E-state index contributed by atoms with van der Waals surface area (Å²) < 4.78 is 43.0. The van der Waals surface area contributed by atoms with E-state index < -0.39 is 54.2 Å². The number of aliphatic hydroxyl groups is 1. The molecule has 4 aliphatic rings. The number of likely N-dealkylation sites (tertiary alicyclic amines) is 1. The van der Waals surface area contributed by atoms with E-state index in [0.717, 1.165) is 30.5 Å². The van der Waals surface area contributed by atoms with E-state index in [9.17, 15) is 5.11 Å². The van der Waals surface area contributed by atoms with Gasteiger partial charge in [0, 0.05) is 28.7 Å². The lowest BCUT2D eigenvalue weighted by atomic mass is 9.57. The molecule has 0 radical (unpaired) electrons. The molecule has 0 bridgehead atoms. The Labute approximate surface area is 340 Å². The van der Waals surface area contributed by atoms with Crippen molar-refractivity contribution in [1.82, 2.24) is 15.4 Å². The highest BCUT2D eigenvalue weighted by atomic mass is 28.4. The lowest BCUT2D eigenvalue weighted by Crippen LogP contribution is -2.68. The van der Waals surface area contributed by atoms with E-state index in [1.807, 2.05) is 87.7 Å². The molecule has 0 amide bonds. The van der Waals surface area contributed by atoms with Crippen LogP contribution in [0.4, 0.5) is 4.39 Å². The van der Waals surface area contributed by atoms with E-state index in [1.54, 1.807) is 6.07 Å². The Morgan fingerprint density at radius 1 is 1.00 bits per heavy atom. The van der Waals surface area contributed by atoms with Gasteiger partial charge in [-0.3, -0.25) is 14.5 Å². The molecule has 0 spiro atoms. The van der Waals surface area contributed by atoms with Crippen LogP contribution in [0.5, 0.6) is 11.6 Å². The van der Waals surface area contributed by atoms with Gasteiger partial charge in [-0.25, -0.2) is 4.39 Å². The number of ether oxygens (including phenoxy) is 2. The maximum absolute atomic E-state index is 17.1. The van der Waals surface area contributed by atoms with Crippen molar-refractivity contribution in [2.45, 2.75) is 102 Å². The van der Waals surface area contributed by atoms with Gasteiger partial charge in [-0.15, -0.1) is 0 Å². The highest BCUT2D eigenvalue weighted by Gasteiger charge is 2.68. The number of aliphatic hydroxyl groups excluding tert-OH is 1. The number of aromatic nitrogens is 1. The molecule has 1 saturated heterocycles. The minimum Gasteiger partial charge on any atom is -0.507 e. The second-order valence-corrected chi connectivity index (χ2v) is 22.6. The fraction of sp³-hybridized carbons (Fsp3) is 0.457.